The molecule has 1 aliphatic heterocycles. The van der Waals surface area contributed by atoms with Gasteiger partial charge in [0.05, 0.1) is 0 Å². The summed E-state index contributed by atoms with van der Waals surface area (Å²) in [6, 6.07) is 0. The van der Waals surface area contributed by atoms with Gasteiger partial charge in [0.25, 0.3) is 0 Å². The quantitative estimate of drug-likeness (QED) is 0.728. The summed E-state index contributed by atoms with van der Waals surface area (Å²) in [5, 5.41) is 9.36. The lowest BCUT2D eigenvalue weighted by atomic mass is 10.0. The third kappa shape index (κ3) is 3.06. The Labute approximate surface area is 86.8 Å². The van der Waals surface area contributed by atoms with Crippen LogP contribution in [0.25, 0.3) is 0 Å². The van der Waals surface area contributed by atoms with E-state index < -0.39 is 11.8 Å². The first-order chi connectivity index (χ1) is 6.89. The van der Waals surface area contributed by atoms with E-state index in [2.05, 4.69) is 0 Å². The molecule has 3 nitrogen and oxygen atoms in total. The highest BCUT2D eigenvalue weighted by molar-refractivity contribution is 4.95. The average Bonchev–Trinajstić information content (AvgIpc) is 2.48. The number of aliphatic hydroxyl groups is 1. The van der Waals surface area contributed by atoms with Gasteiger partial charge in [-0.2, -0.15) is 13.2 Å². The van der Waals surface area contributed by atoms with E-state index in [1.165, 1.54) is 0 Å². The molecule has 1 aliphatic rings. The Morgan fingerprint density at radius 2 is 2.13 bits per heavy atom. The Bertz CT molecular complexity index is 210. The lowest BCUT2D eigenvalue weighted by Gasteiger charge is -2.26. The van der Waals surface area contributed by atoms with E-state index in [0.29, 0.717) is 26.1 Å². The van der Waals surface area contributed by atoms with Crippen molar-refractivity contribution < 1.29 is 23.0 Å². The molecule has 0 amide bonds. The van der Waals surface area contributed by atoms with E-state index >= 15 is 0 Å². The molecule has 0 saturated carbocycles. The largest absolute Gasteiger partial charge is 0.418 e. The Balaban J connectivity index is 2.38. The van der Waals surface area contributed by atoms with Crippen molar-refractivity contribution in [2.24, 2.45) is 0 Å². The van der Waals surface area contributed by atoms with Crippen LogP contribution in [0.3, 0.4) is 0 Å². The van der Waals surface area contributed by atoms with Crippen LogP contribution in [0.1, 0.15) is 12.8 Å². The summed E-state index contributed by atoms with van der Waals surface area (Å²) in [5.74, 6) is 0. The van der Waals surface area contributed by atoms with Crippen molar-refractivity contribution in [3.63, 3.8) is 0 Å². The highest BCUT2D eigenvalue weighted by atomic mass is 19.4. The number of hydrogen-bond acceptors (Lipinski definition) is 3. The van der Waals surface area contributed by atoms with Crippen LogP contribution in [-0.2, 0) is 4.74 Å². The first-order valence-electron chi connectivity index (χ1n) is 4.89. The molecule has 0 bridgehead atoms. The van der Waals surface area contributed by atoms with Crippen LogP contribution in [0.4, 0.5) is 13.2 Å². The number of likely N-dealkylation sites (tertiary alicyclic amines) is 1. The van der Waals surface area contributed by atoms with Crippen LogP contribution >= 0.6 is 0 Å². The zero-order valence-electron chi connectivity index (χ0n) is 8.68. The summed E-state index contributed by atoms with van der Waals surface area (Å²) >= 11 is 0. The van der Waals surface area contributed by atoms with Crippen LogP contribution < -0.4 is 0 Å². The Kier molecular flexibility index (Phi) is 3.97. The molecule has 0 radical (unpaired) electrons. The SMILES string of the molecule is COCCCN1CC[C@@](O)(C(F)(F)F)C1. The molecule has 1 rings (SSSR count). The monoisotopic (exact) mass is 227 g/mol. The van der Waals surface area contributed by atoms with Gasteiger partial charge >= 0.3 is 6.18 Å². The van der Waals surface area contributed by atoms with Crippen LogP contribution in [-0.4, -0.2) is 55.1 Å². The standard InChI is InChI=1S/C9H16F3NO2/c1-15-6-2-4-13-5-3-8(14,7-13)9(10,11)12/h14H,2-7H2,1H3/t8-/m0/s1. The number of halogens is 3. The van der Waals surface area contributed by atoms with Crippen molar-refractivity contribution in [1.82, 2.24) is 4.90 Å². The number of nitrogens with zero attached hydrogens (tertiary/aromatic N) is 1. The fourth-order valence-corrected chi connectivity index (χ4v) is 1.73. The van der Waals surface area contributed by atoms with Gasteiger partial charge in [0.1, 0.15) is 0 Å². The van der Waals surface area contributed by atoms with Gasteiger partial charge < -0.3 is 9.84 Å². The zero-order valence-corrected chi connectivity index (χ0v) is 8.68. The van der Waals surface area contributed by atoms with Gasteiger partial charge in [-0.3, -0.25) is 4.90 Å². The highest BCUT2D eigenvalue weighted by Crippen LogP contribution is 2.37. The molecule has 1 atom stereocenters. The van der Waals surface area contributed by atoms with Crippen molar-refractivity contribution in [2.45, 2.75) is 24.6 Å². The van der Waals surface area contributed by atoms with Crippen LogP contribution in [0, 0.1) is 0 Å². The molecule has 1 N–H and O–H groups in total. The van der Waals surface area contributed by atoms with Crippen molar-refractivity contribution in [1.29, 1.82) is 0 Å². The fraction of sp³-hybridized carbons (Fsp3) is 1.00. The summed E-state index contributed by atoms with van der Waals surface area (Å²) in [6.45, 7) is 1.03. The third-order valence-corrected chi connectivity index (χ3v) is 2.68. The predicted octanol–water partition coefficient (Wildman–Crippen LogP) is 1.02. The third-order valence-electron chi connectivity index (χ3n) is 2.68. The minimum absolute atomic E-state index is 0.233. The van der Waals surface area contributed by atoms with Crippen molar-refractivity contribution in [2.75, 3.05) is 33.4 Å². The van der Waals surface area contributed by atoms with Crippen molar-refractivity contribution >= 4 is 0 Å². The number of rotatable bonds is 4. The summed E-state index contributed by atoms with van der Waals surface area (Å²) < 4.78 is 42.0. The molecule has 0 aromatic heterocycles. The number of hydrogen-bond donors (Lipinski definition) is 1. The lowest BCUT2D eigenvalue weighted by molar-refractivity contribution is -0.253. The van der Waals surface area contributed by atoms with E-state index in [4.69, 9.17) is 4.74 Å². The first kappa shape index (κ1) is 12.7. The lowest BCUT2D eigenvalue weighted by Crippen LogP contribution is -2.47. The maximum Gasteiger partial charge on any atom is 0.418 e. The molecular formula is C9H16F3NO2. The van der Waals surface area contributed by atoms with E-state index in [-0.39, 0.29) is 13.0 Å². The van der Waals surface area contributed by atoms with E-state index in [1.54, 1.807) is 12.0 Å². The molecule has 0 aromatic rings. The molecule has 0 aliphatic carbocycles. The summed E-state index contributed by atoms with van der Waals surface area (Å²) in [5.41, 5.74) is -2.51. The smallest absolute Gasteiger partial charge is 0.385 e. The number of ether oxygens (including phenoxy) is 1. The van der Waals surface area contributed by atoms with Crippen LogP contribution in [0.5, 0.6) is 0 Å². The Hall–Kier alpha value is -0.330. The average molecular weight is 227 g/mol. The van der Waals surface area contributed by atoms with Gasteiger partial charge in [-0.25, -0.2) is 0 Å². The number of β-amino-alcohol motifs (C(OH)–C–C–N with tert-alkyl or cyclic N) is 1. The molecule has 1 fully saturated rings. The molecule has 0 unspecified atom stereocenters. The summed E-state index contributed by atoms with van der Waals surface area (Å²) in [4.78, 5) is 1.62. The van der Waals surface area contributed by atoms with Gasteiger partial charge in [0.2, 0.25) is 0 Å². The van der Waals surface area contributed by atoms with Crippen molar-refractivity contribution in [3.05, 3.63) is 0 Å². The minimum atomic E-state index is -4.52. The second kappa shape index (κ2) is 4.67. The first-order valence-corrected chi connectivity index (χ1v) is 4.89. The molecular weight excluding hydrogens is 211 g/mol. The second-order valence-corrected chi connectivity index (χ2v) is 3.90. The normalized spacial score (nSPS) is 28.6. The maximum atomic E-state index is 12.4. The number of methoxy groups -OCH3 is 1. The highest BCUT2D eigenvalue weighted by Gasteiger charge is 2.56. The van der Waals surface area contributed by atoms with E-state index in [1.807, 2.05) is 0 Å². The van der Waals surface area contributed by atoms with Gasteiger partial charge in [-0.05, 0) is 12.8 Å². The predicted molar refractivity (Wildman–Crippen MR) is 48.6 cm³/mol. The maximum absolute atomic E-state index is 12.4. The second-order valence-electron chi connectivity index (χ2n) is 3.90. The fourth-order valence-electron chi connectivity index (χ4n) is 1.73. The minimum Gasteiger partial charge on any atom is -0.385 e. The summed E-state index contributed by atoms with van der Waals surface area (Å²) in [6.07, 6.45) is -4.07. The Morgan fingerprint density at radius 1 is 1.47 bits per heavy atom. The van der Waals surface area contributed by atoms with Gasteiger partial charge in [-0.1, -0.05) is 0 Å². The number of alkyl halides is 3. The van der Waals surface area contributed by atoms with Gasteiger partial charge in [0.15, 0.2) is 5.60 Å². The van der Waals surface area contributed by atoms with Crippen LogP contribution in [0.2, 0.25) is 0 Å². The van der Waals surface area contributed by atoms with Crippen LogP contribution in [0.15, 0.2) is 0 Å². The van der Waals surface area contributed by atoms with E-state index in [9.17, 15) is 18.3 Å². The molecule has 6 heteroatoms. The topological polar surface area (TPSA) is 32.7 Å². The molecule has 1 heterocycles. The van der Waals surface area contributed by atoms with Gasteiger partial charge in [0, 0.05) is 33.4 Å². The molecule has 0 aromatic carbocycles. The Morgan fingerprint density at radius 3 is 2.60 bits per heavy atom. The van der Waals surface area contributed by atoms with E-state index in [0.717, 1.165) is 0 Å². The molecule has 1 saturated heterocycles. The molecule has 0 spiro atoms. The summed E-state index contributed by atoms with van der Waals surface area (Å²) in [7, 11) is 1.55. The zero-order chi connectivity index (χ0) is 11.5. The van der Waals surface area contributed by atoms with Crippen molar-refractivity contribution in [3.8, 4) is 0 Å². The molecule has 90 valence electrons. The molecule has 15 heavy (non-hydrogen) atoms. The van der Waals surface area contributed by atoms with Gasteiger partial charge in [-0.15, -0.1) is 0 Å².